The largest absolute Gasteiger partial charge is 0.326 e. The summed E-state index contributed by atoms with van der Waals surface area (Å²) in [6, 6.07) is 2.81. The monoisotopic (exact) mass is 244 g/mol. The van der Waals surface area contributed by atoms with Crippen LogP contribution in [0.5, 0.6) is 0 Å². The third-order valence-electron chi connectivity index (χ3n) is 1.93. The minimum absolute atomic E-state index is 0.220. The highest BCUT2D eigenvalue weighted by molar-refractivity contribution is 7.90. The molecule has 0 aromatic carbocycles. The van der Waals surface area contributed by atoms with Crippen molar-refractivity contribution in [2.75, 3.05) is 5.75 Å². The van der Waals surface area contributed by atoms with E-state index in [9.17, 15) is 18.0 Å². The summed E-state index contributed by atoms with van der Waals surface area (Å²) in [5, 5.41) is 0. The van der Waals surface area contributed by atoms with Gasteiger partial charge >= 0.3 is 0 Å². The van der Waals surface area contributed by atoms with Crippen molar-refractivity contribution in [3.05, 3.63) is 33.7 Å². The van der Waals surface area contributed by atoms with Gasteiger partial charge in [0.05, 0.1) is 5.75 Å². The lowest BCUT2D eigenvalue weighted by Gasteiger charge is -2.03. The summed E-state index contributed by atoms with van der Waals surface area (Å²) in [6.45, 7) is 3.06. The van der Waals surface area contributed by atoms with E-state index in [4.69, 9.17) is 0 Å². The molecule has 0 fully saturated rings. The zero-order chi connectivity index (χ0) is 12.3. The first-order valence-corrected chi connectivity index (χ1v) is 6.25. The molecule has 7 heteroatoms. The van der Waals surface area contributed by atoms with E-state index in [0.717, 1.165) is 0 Å². The van der Waals surface area contributed by atoms with Crippen LogP contribution in [0.1, 0.15) is 23.0 Å². The van der Waals surface area contributed by atoms with E-state index < -0.39 is 21.5 Å². The first-order chi connectivity index (χ1) is 7.35. The number of hydrogen-bond donors (Lipinski definition) is 2. The Morgan fingerprint density at radius 2 is 2.06 bits per heavy atom. The van der Waals surface area contributed by atoms with Crippen molar-refractivity contribution in [2.45, 2.75) is 13.8 Å². The normalized spacial score (nSPS) is 11.1. The van der Waals surface area contributed by atoms with Gasteiger partial charge in [0.1, 0.15) is 5.56 Å². The van der Waals surface area contributed by atoms with Crippen molar-refractivity contribution in [1.29, 1.82) is 0 Å². The molecule has 0 unspecified atom stereocenters. The van der Waals surface area contributed by atoms with Crippen LogP contribution in [0.15, 0.2) is 16.9 Å². The average molecular weight is 244 g/mol. The Morgan fingerprint density at radius 3 is 2.56 bits per heavy atom. The Morgan fingerprint density at radius 1 is 1.44 bits per heavy atom. The fourth-order valence-corrected chi connectivity index (χ4v) is 1.56. The molecule has 6 nitrogen and oxygen atoms in total. The van der Waals surface area contributed by atoms with E-state index in [-0.39, 0.29) is 11.3 Å². The molecule has 16 heavy (non-hydrogen) atoms. The quantitative estimate of drug-likeness (QED) is 0.767. The number of aryl methyl sites for hydroxylation is 1. The lowest BCUT2D eigenvalue weighted by molar-refractivity contribution is 0.0980. The van der Waals surface area contributed by atoms with Crippen LogP contribution in [0.4, 0.5) is 0 Å². The predicted molar refractivity (Wildman–Crippen MR) is 58.7 cm³/mol. The Hall–Kier alpha value is -1.63. The van der Waals surface area contributed by atoms with Crippen molar-refractivity contribution >= 4 is 15.9 Å². The average Bonchev–Trinajstić information content (AvgIpc) is 2.16. The Labute approximate surface area is 92.7 Å². The number of H-pyrrole nitrogens is 1. The van der Waals surface area contributed by atoms with Crippen molar-refractivity contribution < 1.29 is 13.2 Å². The lowest BCUT2D eigenvalue weighted by Crippen LogP contribution is -2.35. The van der Waals surface area contributed by atoms with Crippen molar-refractivity contribution in [1.82, 2.24) is 9.71 Å². The van der Waals surface area contributed by atoms with Gasteiger partial charge in [-0.2, -0.15) is 0 Å². The van der Waals surface area contributed by atoms with E-state index in [1.54, 1.807) is 11.6 Å². The molecule has 0 radical (unpaired) electrons. The van der Waals surface area contributed by atoms with E-state index >= 15 is 0 Å². The molecule has 0 aliphatic heterocycles. The second-order valence-electron chi connectivity index (χ2n) is 3.22. The number of rotatable bonds is 3. The van der Waals surface area contributed by atoms with E-state index in [2.05, 4.69) is 4.98 Å². The predicted octanol–water partition coefficient (Wildman–Crippen LogP) is -0.237. The standard InChI is InChI=1S/C9H12N2O4S/c1-3-16(14,15)11-9(13)7-5-4-6(2)10-8(7)12/h4-5H,3H2,1-2H3,(H,10,12)(H,11,13). The van der Waals surface area contributed by atoms with Gasteiger partial charge in [0.25, 0.3) is 11.5 Å². The van der Waals surface area contributed by atoms with Crippen LogP contribution in [-0.2, 0) is 10.0 Å². The first kappa shape index (κ1) is 12.4. The molecule has 1 rings (SSSR count). The maximum atomic E-state index is 11.4. The van der Waals surface area contributed by atoms with Gasteiger partial charge in [0.2, 0.25) is 10.0 Å². The zero-order valence-electron chi connectivity index (χ0n) is 8.90. The van der Waals surface area contributed by atoms with Gasteiger partial charge in [-0.15, -0.1) is 0 Å². The molecule has 0 spiro atoms. The molecule has 0 atom stereocenters. The number of carbonyl (C=O) groups excluding carboxylic acids is 1. The third kappa shape index (κ3) is 2.93. The van der Waals surface area contributed by atoms with Gasteiger partial charge in [-0.05, 0) is 26.0 Å². The Balaban J connectivity index is 3.03. The second-order valence-corrected chi connectivity index (χ2v) is 5.23. The molecular formula is C9H12N2O4S. The molecule has 1 aromatic heterocycles. The van der Waals surface area contributed by atoms with Gasteiger partial charge in [0.15, 0.2) is 0 Å². The highest BCUT2D eigenvalue weighted by Crippen LogP contribution is 1.95. The molecule has 0 aliphatic rings. The zero-order valence-corrected chi connectivity index (χ0v) is 9.72. The van der Waals surface area contributed by atoms with Crippen molar-refractivity contribution in [3.8, 4) is 0 Å². The number of sulfonamides is 1. The molecule has 2 N–H and O–H groups in total. The minimum atomic E-state index is -3.65. The summed E-state index contributed by atoms with van der Waals surface area (Å²) in [5.74, 6) is -1.13. The van der Waals surface area contributed by atoms with E-state index in [1.807, 2.05) is 0 Å². The molecule has 0 aliphatic carbocycles. The Kier molecular flexibility index (Phi) is 3.48. The highest BCUT2D eigenvalue weighted by Gasteiger charge is 2.16. The molecule has 1 amide bonds. The van der Waals surface area contributed by atoms with Gasteiger partial charge < -0.3 is 4.98 Å². The fourth-order valence-electron chi connectivity index (χ4n) is 1.02. The van der Waals surface area contributed by atoms with E-state index in [1.165, 1.54) is 19.1 Å². The van der Waals surface area contributed by atoms with Crippen LogP contribution in [0, 0.1) is 6.92 Å². The molecule has 0 bridgehead atoms. The van der Waals surface area contributed by atoms with Crippen molar-refractivity contribution in [2.24, 2.45) is 0 Å². The number of aromatic amines is 1. The summed E-state index contributed by atoms with van der Waals surface area (Å²) >= 11 is 0. The molecule has 0 saturated heterocycles. The van der Waals surface area contributed by atoms with Crippen LogP contribution in [0.25, 0.3) is 0 Å². The first-order valence-electron chi connectivity index (χ1n) is 4.60. The number of pyridine rings is 1. The van der Waals surface area contributed by atoms with Gasteiger partial charge in [-0.3, -0.25) is 9.59 Å². The van der Waals surface area contributed by atoms with Gasteiger partial charge in [-0.25, -0.2) is 13.1 Å². The maximum absolute atomic E-state index is 11.4. The summed E-state index contributed by atoms with van der Waals surface area (Å²) in [7, 11) is -3.65. The van der Waals surface area contributed by atoms with Crippen LogP contribution < -0.4 is 10.3 Å². The summed E-state index contributed by atoms with van der Waals surface area (Å²) in [6.07, 6.45) is 0. The summed E-state index contributed by atoms with van der Waals surface area (Å²) in [5.41, 5.74) is -0.230. The number of aromatic nitrogens is 1. The van der Waals surface area contributed by atoms with Gasteiger partial charge in [-0.1, -0.05) is 0 Å². The smallest absolute Gasteiger partial charge is 0.270 e. The second kappa shape index (κ2) is 4.48. The van der Waals surface area contributed by atoms with Crippen LogP contribution in [0.2, 0.25) is 0 Å². The molecule has 0 saturated carbocycles. The topological polar surface area (TPSA) is 96.1 Å². The fraction of sp³-hybridized carbons (Fsp3) is 0.333. The van der Waals surface area contributed by atoms with Gasteiger partial charge in [0, 0.05) is 5.69 Å². The number of carbonyl (C=O) groups is 1. The SMILES string of the molecule is CCS(=O)(=O)NC(=O)c1ccc(C)[nH]c1=O. The van der Waals surface area contributed by atoms with Crippen LogP contribution in [-0.4, -0.2) is 25.1 Å². The molecule has 1 heterocycles. The minimum Gasteiger partial charge on any atom is -0.326 e. The van der Waals surface area contributed by atoms with Crippen LogP contribution in [0.3, 0.4) is 0 Å². The summed E-state index contributed by atoms with van der Waals surface area (Å²) < 4.78 is 24.0. The number of hydrogen-bond acceptors (Lipinski definition) is 4. The number of nitrogens with one attached hydrogen (secondary N) is 2. The molecular weight excluding hydrogens is 232 g/mol. The lowest BCUT2D eigenvalue weighted by atomic mass is 10.2. The third-order valence-corrected chi connectivity index (χ3v) is 3.18. The van der Waals surface area contributed by atoms with Crippen molar-refractivity contribution in [3.63, 3.8) is 0 Å². The molecule has 1 aromatic rings. The van der Waals surface area contributed by atoms with Crippen LogP contribution >= 0.6 is 0 Å². The van der Waals surface area contributed by atoms with E-state index in [0.29, 0.717) is 5.69 Å². The molecule has 88 valence electrons. The highest BCUT2D eigenvalue weighted by atomic mass is 32.2. The number of amides is 1. The summed E-state index contributed by atoms with van der Waals surface area (Å²) in [4.78, 5) is 25.2. The maximum Gasteiger partial charge on any atom is 0.270 e. The Bertz CT molecular complexity index is 559.